The van der Waals surface area contributed by atoms with Gasteiger partial charge in [-0.05, 0) is 36.9 Å². The van der Waals surface area contributed by atoms with E-state index < -0.39 is 5.91 Å². The molecule has 0 radical (unpaired) electrons. The van der Waals surface area contributed by atoms with Gasteiger partial charge in [0.2, 0.25) is 0 Å². The fourth-order valence-corrected chi connectivity index (χ4v) is 3.00. The van der Waals surface area contributed by atoms with E-state index in [9.17, 15) is 4.79 Å². The van der Waals surface area contributed by atoms with Crippen LogP contribution in [0.3, 0.4) is 0 Å². The van der Waals surface area contributed by atoms with Crippen molar-refractivity contribution in [2.75, 3.05) is 26.0 Å². The normalized spacial score (nSPS) is 11.9. The van der Waals surface area contributed by atoms with E-state index in [0.29, 0.717) is 17.6 Å². The number of rotatable bonds is 7. The Hall–Kier alpha value is -3.12. The molecule has 26 heavy (non-hydrogen) atoms. The molecule has 3 aromatic rings. The van der Waals surface area contributed by atoms with Crippen LogP contribution in [-0.4, -0.2) is 31.6 Å². The van der Waals surface area contributed by atoms with Crippen LogP contribution in [0.25, 0.3) is 10.9 Å². The van der Waals surface area contributed by atoms with Gasteiger partial charge in [0, 0.05) is 23.8 Å². The molecule has 0 aliphatic carbocycles. The van der Waals surface area contributed by atoms with Crippen molar-refractivity contribution in [1.82, 2.24) is 10.3 Å². The van der Waals surface area contributed by atoms with Crippen molar-refractivity contribution < 1.29 is 9.53 Å². The van der Waals surface area contributed by atoms with Gasteiger partial charge in [0.1, 0.15) is 5.75 Å². The summed E-state index contributed by atoms with van der Waals surface area (Å²) in [4.78, 5) is 16.0. The number of hydrogen-bond acceptors (Lipinski definition) is 5. The molecule has 1 aromatic heterocycles. The Bertz CT molecular complexity index is 927. The topological polar surface area (TPSA) is 89.3 Å². The van der Waals surface area contributed by atoms with Crippen LogP contribution in [-0.2, 0) is 0 Å². The molecule has 6 nitrogen and oxygen atoms in total. The molecule has 0 bridgehead atoms. The van der Waals surface area contributed by atoms with Crippen molar-refractivity contribution >= 4 is 22.5 Å². The number of nitrogens with two attached hydrogens (primary N) is 1. The lowest BCUT2D eigenvalue weighted by atomic mass is 10.0. The highest BCUT2D eigenvalue weighted by Crippen LogP contribution is 2.28. The smallest absolute Gasteiger partial charge is 0.250 e. The number of carbonyl (C=O) groups is 1. The number of methoxy groups -OCH3 is 1. The van der Waals surface area contributed by atoms with Gasteiger partial charge >= 0.3 is 0 Å². The number of para-hydroxylation sites is 1. The van der Waals surface area contributed by atoms with Crippen LogP contribution in [0.5, 0.6) is 5.75 Å². The van der Waals surface area contributed by atoms with E-state index in [0.717, 1.165) is 22.4 Å². The number of carbonyl (C=O) groups excluding carboxylic acids is 1. The predicted molar refractivity (Wildman–Crippen MR) is 104 cm³/mol. The van der Waals surface area contributed by atoms with Crippen molar-refractivity contribution in [3.8, 4) is 5.75 Å². The molecule has 0 fully saturated rings. The number of anilines is 1. The Morgan fingerprint density at radius 1 is 1.23 bits per heavy atom. The summed E-state index contributed by atoms with van der Waals surface area (Å²) in [6.07, 6.45) is 1.68. The summed E-state index contributed by atoms with van der Waals surface area (Å²) in [5.74, 6) is 0.320. The first-order chi connectivity index (χ1) is 12.6. The number of benzene rings is 2. The third kappa shape index (κ3) is 3.60. The van der Waals surface area contributed by atoms with Gasteiger partial charge < -0.3 is 21.1 Å². The second-order valence-electron chi connectivity index (χ2n) is 5.96. The summed E-state index contributed by atoms with van der Waals surface area (Å²) in [6, 6.07) is 15.3. The molecule has 0 aliphatic heterocycles. The first-order valence-electron chi connectivity index (χ1n) is 8.36. The van der Waals surface area contributed by atoms with Gasteiger partial charge in [-0.25, -0.2) is 0 Å². The maximum absolute atomic E-state index is 11.7. The fraction of sp³-hybridized carbons (Fsp3) is 0.200. The summed E-state index contributed by atoms with van der Waals surface area (Å²) in [7, 11) is 3.56. The number of pyridine rings is 1. The molecular weight excluding hydrogens is 328 g/mol. The molecule has 1 heterocycles. The van der Waals surface area contributed by atoms with E-state index in [1.54, 1.807) is 19.4 Å². The van der Waals surface area contributed by atoms with E-state index in [1.165, 1.54) is 0 Å². The lowest BCUT2D eigenvalue weighted by Crippen LogP contribution is -2.24. The number of primary amides is 1. The van der Waals surface area contributed by atoms with Gasteiger partial charge in [-0.15, -0.1) is 0 Å². The molecule has 4 N–H and O–H groups in total. The van der Waals surface area contributed by atoms with Crippen molar-refractivity contribution in [1.29, 1.82) is 0 Å². The minimum atomic E-state index is -0.486. The number of fused-ring (bicyclic) bond motifs is 1. The minimum absolute atomic E-state index is 0.0120. The molecule has 0 aliphatic rings. The van der Waals surface area contributed by atoms with Crippen molar-refractivity contribution in [3.63, 3.8) is 0 Å². The molecule has 0 spiro atoms. The van der Waals surface area contributed by atoms with E-state index in [4.69, 9.17) is 10.5 Å². The molecule has 2 aromatic carbocycles. The Morgan fingerprint density at radius 3 is 2.77 bits per heavy atom. The first kappa shape index (κ1) is 17.7. The molecule has 6 heteroatoms. The van der Waals surface area contributed by atoms with Crippen LogP contribution in [0.2, 0.25) is 0 Å². The minimum Gasteiger partial charge on any atom is -0.497 e. The average molecular weight is 350 g/mol. The number of amides is 1. The number of nitrogens with zero attached hydrogens (tertiary/aromatic N) is 1. The highest BCUT2D eigenvalue weighted by Gasteiger charge is 2.15. The Balaban J connectivity index is 2.02. The largest absolute Gasteiger partial charge is 0.497 e. The third-order valence-corrected chi connectivity index (χ3v) is 4.27. The quantitative estimate of drug-likeness (QED) is 0.610. The van der Waals surface area contributed by atoms with Gasteiger partial charge in [0.15, 0.2) is 0 Å². The molecule has 0 saturated carbocycles. The van der Waals surface area contributed by atoms with E-state index in [2.05, 4.69) is 21.7 Å². The zero-order valence-electron chi connectivity index (χ0n) is 14.8. The van der Waals surface area contributed by atoms with Crippen LogP contribution in [0.1, 0.15) is 22.0 Å². The summed E-state index contributed by atoms with van der Waals surface area (Å²) >= 11 is 0. The number of aromatic nitrogens is 1. The summed E-state index contributed by atoms with van der Waals surface area (Å²) < 4.78 is 5.34. The van der Waals surface area contributed by atoms with Crippen molar-refractivity contribution in [2.45, 2.75) is 6.04 Å². The highest BCUT2D eigenvalue weighted by molar-refractivity contribution is 6.07. The zero-order chi connectivity index (χ0) is 18.5. The van der Waals surface area contributed by atoms with Gasteiger partial charge in [-0.1, -0.05) is 24.3 Å². The monoisotopic (exact) mass is 350 g/mol. The van der Waals surface area contributed by atoms with Crippen LogP contribution < -0.4 is 21.1 Å². The van der Waals surface area contributed by atoms with Crippen LogP contribution >= 0.6 is 0 Å². The second-order valence-corrected chi connectivity index (χ2v) is 5.96. The molecular formula is C20H22N4O2. The maximum atomic E-state index is 11.7. The Kier molecular flexibility index (Phi) is 5.34. The predicted octanol–water partition coefficient (Wildman–Crippen LogP) is 2.71. The van der Waals surface area contributed by atoms with E-state index in [1.807, 2.05) is 43.4 Å². The highest BCUT2D eigenvalue weighted by atomic mass is 16.5. The Labute approximate surface area is 152 Å². The van der Waals surface area contributed by atoms with E-state index in [-0.39, 0.29) is 6.04 Å². The standard InChI is InChI=1S/C20H22N4O2/c1-22-12-18(13-5-3-6-14(11-13)26-2)24-17-9-10-23-19-15(17)7-4-8-16(19)20(21)25/h3-11,18,22H,12H2,1-2H3,(H2,21,25)(H,23,24)/t18-/m1/s1. The van der Waals surface area contributed by atoms with Crippen molar-refractivity contribution in [3.05, 3.63) is 65.9 Å². The van der Waals surface area contributed by atoms with Gasteiger partial charge in [0.05, 0.1) is 24.2 Å². The van der Waals surface area contributed by atoms with Crippen LogP contribution in [0.4, 0.5) is 5.69 Å². The first-order valence-corrected chi connectivity index (χ1v) is 8.36. The average Bonchev–Trinajstić information content (AvgIpc) is 2.67. The molecule has 0 unspecified atom stereocenters. The second kappa shape index (κ2) is 7.84. The van der Waals surface area contributed by atoms with Crippen LogP contribution in [0, 0.1) is 0 Å². The summed E-state index contributed by atoms with van der Waals surface area (Å²) in [5, 5.41) is 7.61. The van der Waals surface area contributed by atoms with Crippen molar-refractivity contribution in [2.24, 2.45) is 5.73 Å². The summed E-state index contributed by atoms with van der Waals surface area (Å²) in [6.45, 7) is 0.715. The Morgan fingerprint density at radius 2 is 2.04 bits per heavy atom. The van der Waals surface area contributed by atoms with Crippen LogP contribution in [0.15, 0.2) is 54.7 Å². The number of hydrogen-bond donors (Lipinski definition) is 3. The van der Waals surface area contributed by atoms with Gasteiger partial charge in [-0.2, -0.15) is 0 Å². The number of ether oxygens (including phenoxy) is 1. The lowest BCUT2D eigenvalue weighted by molar-refractivity contribution is 0.100. The number of nitrogens with one attached hydrogen (secondary N) is 2. The molecule has 3 rings (SSSR count). The van der Waals surface area contributed by atoms with Gasteiger partial charge in [0.25, 0.3) is 5.91 Å². The van der Waals surface area contributed by atoms with Gasteiger partial charge in [-0.3, -0.25) is 9.78 Å². The SMILES string of the molecule is CNC[C@@H](Nc1ccnc2c(C(N)=O)cccc12)c1cccc(OC)c1. The molecule has 134 valence electrons. The molecule has 1 atom stereocenters. The molecule has 0 saturated heterocycles. The third-order valence-electron chi connectivity index (χ3n) is 4.27. The zero-order valence-corrected chi connectivity index (χ0v) is 14.8. The lowest BCUT2D eigenvalue weighted by Gasteiger charge is -2.22. The fourth-order valence-electron chi connectivity index (χ4n) is 3.00. The number of likely N-dealkylation sites (N-methyl/N-ethyl adjacent to an activating group) is 1. The summed E-state index contributed by atoms with van der Waals surface area (Å²) in [5.41, 5.74) is 8.47. The maximum Gasteiger partial charge on any atom is 0.250 e. The van der Waals surface area contributed by atoms with E-state index >= 15 is 0 Å². The molecule has 1 amide bonds.